The maximum atomic E-state index is 12.1. The topological polar surface area (TPSA) is 43.1 Å². The second-order valence-electron chi connectivity index (χ2n) is 3.83. The predicted octanol–water partition coefficient (Wildman–Crippen LogP) is 2.96. The van der Waals surface area contributed by atoms with Crippen LogP contribution in [0.2, 0.25) is 0 Å². The molecule has 2 rings (SSSR count). The molecule has 0 spiro atoms. The second kappa shape index (κ2) is 3.76. The minimum Gasteiger partial charge on any atom is -0.319 e. The van der Waals surface area contributed by atoms with Gasteiger partial charge in [-0.1, -0.05) is 12.8 Å². The van der Waals surface area contributed by atoms with Gasteiger partial charge in [-0.15, -0.1) is 0 Å². The van der Waals surface area contributed by atoms with Crippen LogP contribution in [0.1, 0.15) is 36.0 Å². The van der Waals surface area contributed by atoms with E-state index in [4.69, 9.17) is 5.73 Å². The maximum Gasteiger partial charge on any atom is 0.184 e. The molecule has 1 aromatic heterocycles. The van der Waals surface area contributed by atoms with Gasteiger partial charge in [-0.3, -0.25) is 4.79 Å². The monoisotopic (exact) mass is 273 g/mol. The third kappa shape index (κ3) is 1.66. The number of hydrogen-bond acceptors (Lipinski definition) is 3. The molecule has 14 heavy (non-hydrogen) atoms. The first-order valence-corrected chi connectivity index (χ1v) is 6.42. The van der Waals surface area contributed by atoms with Crippen LogP contribution in [0.3, 0.4) is 0 Å². The van der Waals surface area contributed by atoms with Crippen molar-refractivity contribution in [2.75, 3.05) is 0 Å². The van der Waals surface area contributed by atoms with Crippen LogP contribution in [-0.2, 0) is 0 Å². The molecule has 0 unspecified atom stereocenters. The fraction of sp³-hybridized carbons (Fsp3) is 0.500. The van der Waals surface area contributed by atoms with Gasteiger partial charge >= 0.3 is 0 Å². The van der Waals surface area contributed by atoms with Crippen molar-refractivity contribution in [3.8, 4) is 0 Å². The van der Waals surface area contributed by atoms with Crippen molar-refractivity contribution in [3.63, 3.8) is 0 Å². The molecule has 4 heteroatoms. The average Bonchev–Trinajstić information content (AvgIpc) is 2.74. The van der Waals surface area contributed by atoms with Crippen LogP contribution >= 0.6 is 27.3 Å². The molecule has 1 fully saturated rings. The highest BCUT2D eigenvalue weighted by Gasteiger charge is 2.38. The van der Waals surface area contributed by atoms with Crippen LogP contribution in [0.15, 0.2) is 15.2 Å². The van der Waals surface area contributed by atoms with Gasteiger partial charge in [-0.25, -0.2) is 0 Å². The highest BCUT2D eigenvalue weighted by atomic mass is 79.9. The lowest BCUT2D eigenvalue weighted by Crippen LogP contribution is -2.45. The summed E-state index contributed by atoms with van der Waals surface area (Å²) in [6, 6.07) is 0. The Morgan fingerprint density at radius 3 is 2.57 bits per heavy atom. The van der Waals surface area contributed by atoms with Crippen LogP contribution in [0.4, 0.5) is 0 Å². The van der Waals surface area contributed by atoms with E-state index in [9.17, 15) is 4.79 Å². The summed E-state index contributed by atoms with van der Waals surface area (Å²) in [5.41, 5.74) is 6.25. The molecule has 0 aromatic carbocycles. The normalized spacial score (nSPS) is 19.9. The van der Waals surface area contributed by atoms with E-state index in [1.165, 1.54) is 11.3 Å². The molecule has 76 valence electrons. The van der Waals surface area contributed by atoms with Crippen LogP contribution < -0.4 is 5.73 Å². The lowest BCUT2D eigenvalue weighted by molar-refractivity contribution is 0.0892. The zero-order chi connectivity index (χ0) is 10.2. The Kier molecular flexibility index (Phi) is 2.77. The van der Waals surface area contributed by atoms with E-state index in [0.29, 0.717) is 0 Å². The molecule has 2 nitrogen and oxygen atoms in total. The molecule has 1 aliphatic carbocycles. The van der Waals surface area contributed by atoms with Crippen molar-refractivity contribution in [1.29, 1.82) is 0 Å². The van der Waals surface area contributed by atoms with Crippen LogP contribution in [0.25, 0.3) is 0 Å². The van der Waals surface area contributed by atoms with Crippen molar-refractivity contribution in [3.05, 3.63) is 20.8 Å². The summed E-state index contributed by atoms with van der Waals surface area (Å²) in [6.07, 6.45) is 3.80. The van der Waals surface area contributed by atoms with Gasteiger partial charge in [-0.05, 0) is 28.8 Å². The summed E-state index contributed by atoms with van der Waals surface area (Å²) in [4.78, 5) is 12.1. The first-order chi connectivity index (χ1) is 6.63. The molecule has 1 saturated carbocycles. The first kappa shape index (κ1) is 10.3. The third-order valence-electron chi connectivity index (χ3n) is 2.81. The van der Waals surface area contributed by atoms with Crippen molar-refractivity contribution < 1.29 is 4.79 Å². The van der Waals surface area contributed by atoms with Crippen LogP contribution in [-0.4, -0.2) is 11.3 Å². The molecule has 0 radical (unpaired) electrons. The summed E-state index contributed by atoms with van der Waals surface area (Å²) >= 11 is 4.90. The largest absolute Gasteiger partial charge is 0.319 e. The molecule has 2 N–H and O–H groups in total. The second-order valence-corrected chi connectivity index (χ2v) is 5.42. The molecule has 1 aromatic rings. The highest BCUT2D eigenvalue weighted by Crippen LogP contribution is 2.33. The number of rotatable bonds is 2. The standard InChI is InChI=1S/C10H12BrNOS/c11-8-6-14-5-7(8)9(13)10(12)3-1-2-4-10/h5-6H,1-4,12H2. The summed E-state index contributed by atoms with van der Waals surface area (Å²) in [5, 5.41) is 3.80. The molecule has 1 heterocycles. The number of thiophene rings is 1. The average molecular weight is 274 g/mol. The van der Waals surface area contributed by atoms with E-state index in [0.717, 1.165) is 35.7 Å². The Labute approximate surface area is 95.6 Å². The van der Waals surface area contributed by atoms with E-state index in [1.807, 2.05) is 10.8 Å². The number of halogens is 1. The van der Waals surface area contributed by atoms with Crippen molar-refractivity contribution >= 4 is 33.0 Å². The predicted molar refractivity (Wildman–Crippen MR) is 61.7 cm³/mol. The van der Waals surface area contributed by atoms with Gasteiger partial charge in [0.1, 0.15) is 0 Å². The summed E-state index contributed by atoms with van der Waals surface area (Å²) < 4.78 is 0.879. The highest BCUT2D eigenvalue weighted by molar-refractivity contribution is 9.10. The Morgan fingerprint density at radius 2 is 2.07 bits per heavy atom. The van der Waals surface area contributed by atoms with Crippen molar-refractivity contribution in [1.82, 2.24) is 0 Å². The molecule has 0 bridgehead atoms. The number of hydrogen-bond donors (Lipinski definition) is 1. The quantitative estimate of drug-likeness (QED) is 0.842. The van der Waals surface area contributed by atoms with E-state index in [1.54, 1.807) is 0 Å². The summed E-state index contributed by atoms with van der Waals surface area (Å²) in [5.74, 6) is 0.100. The van der Waals surface area contributed by atoms with E-state index < -0.39 is 5.54 Å². The Balaban J connectivity index is 2.28. The number of Topliss-reactive ketones (excluding diaryl/α,β-unsaturated/α-hetero) is 1. The van der Waals surface area contributed by atoms with Crippen LogP contribution in [0, 0.1) is 0 Å². The van der Waals surface area contributed by atoms with E-state index in [-0.39, 0.29) is 5.78 Å². The molecule has 0 atom stereocenters. The fourth-order valence-corrected chi connectivity index (χ4v) is 3.40. The smallest absolute Gasteiger partial charge is 0.184 e. The third-order valence-corrected chi connectivity index (χ3v) is 4.51. The molecule has 0 amide bonds. The molecular weight excluding hydrogens is 262 g/mol. The van der Waals surface area contributed by atoms with Gasteiger partial charge in [0.2, 0.25) is 0 Å². The Hall–Kier alpha value is -0.190. The zero-order valence-corrected chi connectivity index (χ0v) is 10.2. The van der Waals surface area contributed by atoms with Crippen LogP contribution in [0.5, 0.6) is 0 Å². The summed E-state index contributed by atoms with van der Waals surface area (Å²) in [7, 11) is 0. The number of nitrogens with two attached hydrogens (primary N) is 1. The van der Waals surface area contributed by atoms with Gasteiger partial charge < -0.3 is 5.73 Å². The summed E-state index contributed by atoms with van der Waals surface area (Å²) in [6.45, 7) is 0. The van der Waals surface area contributed by atoms with E-state index in [2.05, 4.69) is 15.9 Å². The number of carbonyl (C=O) groups is 1. The van der Waals surface area contributed by atoms with E-state index >= 15 is 0 Å². The molecule has 0 aliphatic heterocycles. The van der Waals surface area contributed by atoms with Gasteiger partial charge in [-0.2, -0.15) is 11.3 Å². The fourth-order valence-electron chi connectivity index (χ4n) is 1.94. The number of ketones is 1. The zero-order valence-electron chi connectivity index (χ0n) is 7.75. The minimum atomic E-state index is -0.594. The van der Waals surface area contributed by atoms with Gasteiger partial charge in [0.05, 0.1) is 5.54 Å². The van der Waals surface area contributed by atoms with Gasteiger partial charge in [0.15, 0.2) is 5.78 Å². The van der Waals surface area contributed by atoms with Gasteiger partial charge in [0, 0.05) is 20.8 Å². The molecular formula is C10H12BrNOS. The van der Waals surface area contributed by atoms with Crippen molar-refractivity contribution in [2.24, 2.45) is 5.73 Å². The lowest BCUT2D eigenvalue weighted by atomic mass is 9.90. The minimum absolute atomic E-state index is 0.100. The van der Waals surface area contributed by atoms with Gasteiger partial charge in [0.25, 0.3) is 0 Å². The number of carbonyl (C=O) groups excluding carboxylic acids is 1. The maximum absolute atomic E-state index is 12.1. The SMILES string of the molecule is NC1(C(=O)c2cscc2Br)CCCC1. The molecule has 0 saturated heterocycles. The first-order valence-electron chi connectivity index (χ1n) is 4.69. The Morgan fingerprint density at radius 1 is 1.43 bits per heavy atom. The van der Waals surface area contributed by atoms with Crippen molar-refractivity contribution in [2.45, 2.75) is 31.2 Å². The lowest BCUT2D eigenvalue weighted by Gasteiger charge is -2.21. The Bertz CT molecular complexity index is 355. The molecule has 1 aliphatic rings.